The highest BCUT2D eigenvalue weighted by Crippen LogP contribution is 2.21. The van der Waals surface area contributed by atoms with E-state index in [-0.39, 0.29) is 11.7 Å². The predicted octanol–water partition coefficient (Wildman–Crippen LogP) is 4.82. The van der Waals surface area contributed by atoms with E-state index in [0.29, 0.717) is 24.7 Å². The summed E-state index contributed by atoms with van der Waals surface area (Å²) < 4.78 is 20.9. The molecule has 3 aromatic carbocycles. The van der Waals surface area contributed by atoms with Crippen LogP contribution in [0, 0.1) is 12.7 Å². The van der Waals surface area contributed by atoms with Crippen LogP contribution in [0.15, 0.2) is 72.8 Å². The van der Waals surface area contributed by atoms with Crippen molar-refractivity contribution in [3.63, 3.8) is 0 Å². The molecule has 0 spiro atoms. The van der Waals surface area contributed by atoms with E-state index in [2.05, 4.69) is 10.3 Å². The van der Waals surface area contributed by atoms with Crippen molar-refractivity contribution in [1.82, 2.24) is 9.55 Å². The molecule has 4 aromatic rings. The molecule has 0 atom stereocenters. The third kappa shape index (κ3) is 4.27. The van der Waals surface area contributed by atoms with E-state index in [1.165, 1.54) is 29.8 Å². The van der Waals surface area contributed by atoms with Crippen molar-refractivity contribution in [3.05, 3.63) is 89.7 Å². The largest absolute Gasteiger partial charge is 0.492 e. The molecule has 1 aromatic heterocycles. The van der Waals surface area contributed by atoms with E-state index in [1.807, 2.05) is 60.0 Å². The number of benzene rings is 3. The van der Waals surface area contributed by atoms with Gasteiger partial charge in [-0.15, -0.1) is 0 Å². The summed E-state index contributed by atoms with van der Waals surface area (Å²) in [4.78, 5) is 17.1. The van der Waals surface area contributed by atoms with E-state index in [1.54, 1.807) is 0 Å². The Morgan fingerprint density at radius 2 is 1.76 bits per heavy atom. The van der Waals surface area contributed by atoms with E-state index < -0.39 is 0 Å². The Labute approximate surface area is 167 Å². The number of ether oxygens (including phenoxy) is 1. The van der Waals surface area contributed by atoms with Crippen LogP contribution in [0.3, 0.4) is 0 Å². The molecule has 6 heteroatoms. The van der Waals surface area contributed by atoms with Crippen molar-refractivity contribution in [3.8, 4) is 5.75 Å². The lowest BCUT2D eigenvalue weighted by Gasteiger charge is -2.11. The molecule has 0 radical (unpaired) electrons. The topological polar surface area (TPSA) is 56.1 Å². The summed E-state index contributed by atoms with van der Waals surface area (Å²) >= 11 is 0. The number of halogens is 1. The maximum atomic E-state index is 13.1. The van der Waals surface area contributed by atoms with Gasteiger partial charge in [0.2, 0.25) is 5.95 Å². The second-order valence-corrected chi connectivity index (χ2v) is 6.70. The number of nitrogens with one attached hydrogen (secondary N) is 1. The molecule has 0 bridgehead atoms. The Morgan fingerprint density at radius 1 is 1.03 bits per heavy atom. The minimum absolute atomic E-state index is 0.346. The quantitative estimate of drug-likeness (QED) is 0.515. The smallest absolute Gasteiger partial charge is 0.257 e. The highest BCUT2D eigenvalue weighted by Gasteiger charge is 2.14. The summed E-state index contributed by atoms with van der Waals surface area (Å²) in [5.74, 6) is 0.480. The minimum atomic E-state index is -0.387. The molecule has 0 aliphatic carbocycles. The molecule has 29 heavy (non-hydrogen) atoms. The highest BCUT2D eigenvalue weighted by atomic mass is 19.1. The molecule has 0 saturated heterocycles. The maximum Gasteiger partial charge on any atom is 0.257 e. The first-order valence-electron chi connectivity index (χ1n) is 9.32. The average molecular weight is 389 g/mol. The fourth-order valence-electron chi connectivity index (χ4n) is 3.06. The molecular weight excluding hydrogens is 369 g/mol. The average Bonchev–Trinajstić information content (AvgIpc) is 3.07. The van der Waals surface area contributed by atoms with Gasteiger partial charge in [0, 0.05) is 5.56 Å². The summed E-state index contributed by atoms with van der Waals surface area (Å²) in [6.07, 6.45) is 0. The van der Waals surface area contributed by atoms with Crippen molar-refractivity contribution in [1.29, 1.82) is 0 Å². The van der Waals surface area contributed by atoms with Crippen LogP contribution in [0.1, 0.15) is 15.9 Å². The predicted molar refractivity (Wildman–Crippen MR) is 111 cm³/mol. The number of amides is 1. The number of aromatic nitrogens is 2. The van der Waals surface area contributed by atoms with Gasteiger partial charge >= 0.3 is 0 Å². The normalized spacial score (nSPS) is 10.8. The van der Waals surface area contributed by atoms with Crippen LogP contribution >= 0.6 is 0 Å². The molecular formula is C23H20FN3O2. The highest BCUT2D eigenvalue weighted by molar-refractivity contribution is 6.04. The minimum Gasteiger partial charge on any atom is -0.492 e. The summed E-state index contributed by atoms with van der Waals surface area (Å²) in [6, 6.07) is 20.9. The maximum absolute atomic E-state index is 13.1. The Balaban J connectivity index is 1.54. The third-order valence-electron chi connectivity index (χ3n) is 4.59. The summed E-state index contributed by atoms with van der Waals surface area (Å²) in [5.41, 5.74) is 3.20. The van der Waals surface area contributed by atoms with Crippen LogP contribution in [-0.2, 0) is 6.54 Å². The lowest BCUT2D eigenvalue weighted by atomic mass is 10.2. The Hall–Kier alpha value is -3.67. The zero-order valence-electron chi connectivity index (χ0n) is 15.9. The number of rotatable bonds is 6. The number of fused-ring (bicyclic) bond motifs is 1. The molecule has 1 N–H and O–H groups in total. The summed E-state index contributed by atoms with van der Waals surface area (Å²) in [6.45, 7) is 2.95. The molecule has 0 fully saturated rings. The first-order valence-corrected chi connectivity index (χ1v) is 9.32. The standard InChI is InChI=1S/C23H20FN3O2/c1-16-6-12-19(13-7-16)29-15-14-27-21-5-3-2-4-20(21)25-23(27)26-22(28)17-8-10-18(24)11-9-17/h2-13H,14-15H2,1H3,(H,25,26,28). The van der Waals surface area contributed by atoms with Crippen LogP contribution in [0.4, 0.5) is 10.3 Å². The lowest BCUT2D eigenvalue weighted by molar-refractivity contribution is 0.102. The van der Waals surface area contributed by atoms with Gasteiger partial charge in [0.05, 0.1) is 17.6 Å². The second-order valence-electron chi connectivity index (χ2n) is 6.70. The van der Waals surface area contributed by atoms with Crippen LogP contribution in [-0.4, -0.2) is 22.1 Å². The van der Waals surface area contributed by atoms with Gasteiger partial charge in [0.15, 0.2) is 0 Å². The van der Waals surface area contributed by atoms with E-state index in [9.17, 15) is 9.18 Å². The number of anilines is 1. The number of carbonyl (C=O) groups excluding carboxylic acids is 1. The molecule has 146 valence electrons. The molecule has 0 aliphatic heterocycles. The molecule has 1 amide bonds. The number of hydrogen-bond acceptors (Lipinski definition) is 3. The van der Waals surface area contributed by atoms with Crippen molar-refractivity contribution in [2.24, 2.45) is 0 Å². The zero-order valence-corrected chi connectivity index (χ0v) is 15.9. The molecule has 0 aliphatic rings. The zero-order chi connectivity index (χ0) is 20.2. The number of hydrogen-bond donors (Lipinski definition) is 1. The van der Waals surface area contributed by atoms with Gasteiger partial charge in [-0.1, -0.05) is 29.8 Å². The summed E-state index contributed by atoms with van der Waals surface area (Å²) in [5, 5.41) is 2.83. The van der Waals surface area contributed by atoms with Crippen molar-refractivity contribution in [2.75, 3.05) is 11.9 Å². The molecule has 1 heterocycles. The van der Waals surface area contributed by atoms with Crippen LogP contribution in [0.5, 0.6) is 5.75 Å². The first kappa shape index (κ1) is 18.7. The molecule has 5 nitrogen and oxygen atoms in total. The SMILES string of the molecule is Cc1ccc(OCCn2c(NC(=O)c3ccc(F)cc3)nc3ccccc32)cc1. The van der Waals surface area contributed by atoms with Gasteiger partial charge in [0.25, 0.3) is 5.91 Å². The van der Waals surface area contributed by atoms with Gasteiger partial charge in [-0.05, 0) is 55.5 Å². The number of para-hydroxylation sites is 2. The van der Waals surface area contributed by atoms with Crippen LogP contribution in [0.25, 0.3) is 11.0 Å². The van der Waals surface area contributed by atoms with Gasteiger partial charge in [0.1, 0.15) is 18.2 Å². The van der Waals surface area contributed by atoms with Gasteiger partial charge in [-0.2, -0.15) is 0 Å². The van der Waals surface area contributed by atoms with Crippen molar-refractivity contribution in [2.45, 2.75) is 13.5 Å². The van der Waals surface area contributed by atoms with Gasteiger partial charge in [-0.3, -0.25) is 10.1 Å². The van der Waals surface area contributed by atoms with E-state index >= 15 is 0 Å². The fourth-order valence-corrected chi connectivity index (χ4v) is 3.06. The second kappa shape index (κ2) is 8.14. The number of aryl methyl sites for hydroxylation is 1. The molecule has 4 rings (SSSR count). The summed E-state index contributed by atoms with van der Waals surface area (Å²) in [7, 11) is 0. The molecule has 0 saturated carbocycles. The monoisotopic (exact) mass is 389 g/mol. The lowest BCUT2D eigenvalue weighted by Crippen LogP contribution is -2.18. The van der Waals surface area contributed by atoms with Gasteiger partial charge in [-0.25, -0.2) is 9.37 Å². The van der Waals surface area contributed by atoms with Crippen molar-refractivity contribution >= 4 is 22.9 Å². The number of nitrogens with zero attached hydrogens (tertiary/aromatic N) is 2. The first-order chi connectivity index (χ1) is 14.1. The van der Waals surface area contributed by atoms with Gasteiger partial charge < -0.3 is 9.30 Å². The third-order valence-corrected chi connectivity index (χ3v) is 4.59. The van der Waals surface area contributed by atoms with E-state index in [4.69, 9.17) is 4.74 Å². The Kier molecular flexibility index (Phi) is 5.24. The fraction of sp³-hybridized carbons (Fsp3) is 0.130. The number of imidazole rings is 1. The van der Waals surface area contributed by atoms with Crippen LogP contribution in [0.2, 0.25) is 0 Å². The van der Waals surface area contributed by atoms with Crippen molar-refractivity contribution < 1.29 is 13.9 Å². The number of carbonyl (C=O) groups is 1. The Morgan fingerprint density at radius 3 is 2.52 bits per heavy atom. The Bertz CT molecular complexity index is 1140. The van der Waals surface area contributed by atoms with Crippen LogP contribution < -0.4 is 10.1 Å². The molecule has 0 unspecified atom stereocenters. The van der Waals surface area contributed by atoms with E-state index in [0.717, 1.165) is 16.8 Å².